The third kappa shape index (κ3) is 3.88. The molecule has 1 amide bonds. The molecule has 0 radical (unpaired) electrons. The second kappa shape index (κ2) is 7.31. The van der Waals surface area contributed by atoms with E-state index >= 15 is 0 Å². The minimum atomic E-state index is 0.221. The summed E-state index contributed by atoms with van der Waals surface area (Å²) in [6.07, 6.45) is 1.25. The molecule has 116 valence electrons. The van der Waals surface area contributed by atoms with Gasteiger partial charge in [0.15, 0.2) is 11.5 Å². The van der Waals surface area contributed by atoms with Crippen LogP contribution in [0.4, 0.5) is 0 Å². The van der Waals surface area contributed by atoms with Gasteiger partial charge in [0.05, 0.1) is 14.2 Å². The van der Waals surface area contributed by atoms with Crippen molar-refractivity contribution in [2.45, 2.75) is 25.8 Å². The lowest BCUT2D eigenvalue weighted by atomic mass is 10.1. The summed E-state index contributed by atoms with van der Waals surface area (Å²) in [5.41, 5.74) is 1.09. The van der Waals surface area contributed by atoms with Gasteiger partial charge in [0.1, 0.15) is 0 Å². The summed E-state index contributed by atoms with van der Waals surface area (Å²) >= 11 is 0. The number of carbonyl (C=O) groups excluding carboxylic acids is 1. The molecule has 1 fully saturated rings. The molecule has 1 heterocycles. The molecule has 1 aromatic carbocycles. The molecule has 1 aliphatic rings. The molecule has 0 aromatic heterocycles. The molecule has 0 bridgehead atoms. The lowest BCUT2D eigenvalue weighted by Gasteiger charge is -2.34. The number of hydrogen-bond acceptors (Lipinski definition) is 4. The van der Waals surface area contributed by atoms with Crippen molar-refractivity contribution < 1.29 is 14.3 Å². The smallest absolute Gasteiger partial charge is 0.223 e. The van der Waals surface area contributed by atoms with E-state index < -0.39 is 0 Å². The average molecular weight is 292 g/mol. The van der Waals surface area contributed by atoms with Gasteiger partial charge in [-0.25, -0.2) is 0 Å². The van der Waals surface area contributed by atoms with Gasteiger partial charge in [0.25, 0.3) is 0 Å². The SMILES string of the molecule is COc1ccc(CCC(=O)N2CCNC[C@H]2C)cc1OC. The van der Waals surface area contributed by atoms with Gasteiger partial charge in [-0.3, -0.25) is 4.79 Å². The number of carbonyl (C=O) groups is 1. The third-order valence-corrected chi connectivity index (χ3v) is 3.90. The fraction of sp³-hybridized carbons (Fsp3) is 0.562. The number of rotatable bonds is 5. The van der Waals surface area contributed by atoms with Gasteiger partial charge in [-0.05, 0) is 31.0 Å². The number of hydrogen-bond donors (Lipinski definition) is 1. The molecule has 0 aliphatic carbocycles. The molecule has 0 spiro atoms. The lowest BCUT2D eigenvalue weighted by molar-refractivity contribution is -0.133. The molecule has 0 saturated carbocycles. The van der Waals surface area contributed by atoms with Crippen LogP contribution < -0.4 is 14.8 Å². The molecule has 5 heteroatoms. The van der Waals surface area contributed by atoms with Crippen molar-refractivity contribution >= 4 is 5.91 Å². The van der Waals surface area contributed by atoms with Crippen molar-refractivity contribution in [3.63, 3.8) is 0 Å². The van der Waals surface area contributed by atoms with E-state index in [1.165, 1.54) is 0 Å². The van der Waals surface area contributed by atoms with Gasteiger partial charge in [0, 0.05) is 32.1 Å². The fourth-order valence-corrected chi connectivity index (χ4v) is 2.64. The van der Waals surface area contributed by atoms with Crippen LogP contribution in [0.2, 0.25) is 0 Å². The highest BCUT2D eigenvalue weighted by atomic mass is 16.5. The number of amides is 1. The van der Waals surface area contributed by atoms with Gasteiger partial charge >= 0.3 is 0 Å². The Labute approximate surface area is 126 Å². The van der Waals surface area contributed by atoms with Crippen molar-refractivity contribution in [3.05, 3.63) is 23.8 Å². The molecule has 2 rings (SSSR count). The van der Waals surface area contributed by atoms with Crippen LogP contribution in [-0.4, -0.2) is 50.7 Å². The second-order valence-electron chi connectivity index (χ2n) is 5.33. The maximum Gasteiger partial charge on any atom is 0.223 e. The van der Waals surface area contributed by atoms with E-state index in [0.717, 1.165) is 31.6 Å². The van der Waals surface area contributed by atoms with Crippen LogP contribution in [0, 0.1) is 0 Å². The van der Waals surface area contributed by atoms with Crippen molar-refractivity contribution in [2.75, 3.05) is 33.9 Å². The number of ether oxygens (including phenoxy) is 2. The van der Waals surface area contributed by atoms with Crippen LogP contribution in [0.3, 0.4) is 0 Å². The Morgan fingerprint density at radius 2 is 2.10 bits per heavy atom. The van der Waals surface area contributed by atoms with E-state index in [-0.39, 0.29) is 11.9 Å². The first kappa shape index (κ1) is 15.6. The van der Waals surface area contributed by atoms with Crippen LogP contribution in [0.15, 0.2) is 18.2 Å². The topological polar surface area (TPSA) is 50.8 Å². The monoisotopic (exact) mass is 292 g/mol. The summed E-state index contributed by atoms with van der Waals surface area (Å²) < 4.78 is 10.5. The first-order valence-electron chi connectivity index (χ1n) is 7.36. The van der Waals surface area contributed by atoms with Crippen LogP contribution >= 0.6 is 0 Å². The van der Waals surface area contributed by atoms with Crippen molar-refractivity contribution in [1.82, 2.24) is 10.2 Å². The highest BCUT2D eigenvalue weighted by Gasteiger charge is 2.22. The summed E-state index contributed by atoms with van der Waals surface area (Å²) in [6.45, 7) is 4.64. The van der Waals surface area contributed by atoms with E-state index in [2.05, 4.69) is 12.2 Å². The van der Waals surface area contributed by atoms with E-state index in [4.69, 9.17) is 9.47 Å². The Morgan fingerprint density at radius 3 is 2.76 bits per heavy atom. The van der Waals surface area contributed by atoms with Crippen molar-refractivity contribution in [1.29, 1.82) is 0 Å². The molecule has 5 nitrogen and oxygen atoms in total. The average Bonchev–Trinajstić information content (AvgIpc) is 2.52. The van der Waals surface area contributed by atoms with E-state index in [9.17, 15) is 4.79 Å². The Hall–Kier alpha value is -1.75. The van der Waals surface area contributed by atoms with Crippen LogP contribution in [0.25, 0.3) is 0 Å². The molecule has 1 saturated heterocycles. The number of aryl methyl sites for hydroxylation is 1. The summed E-state index contributed by atoms with van der Waals surface area (Å²) in [4.78, 5) is 14.3. The van der Waals surface area contributed by atoms with Crippen LogP contribution in [0.5, 0.6) is 11.5 Å². The zero-order valence-corrected chi connectivity index (χ0v) is 13.0. The minimum Gasteiger partial charge on any atom is -0.493 e. The van der Waals surface area contributed by atoms with Gasteiger partial charge in [-0.2, -0.15) is 0 Å². The zero-order chi connectivity index (χ0) is 15.2. The Bertz CT molecular complexity index is 490. The van der Waals surface area contributed by atoms with Crippen molar-refractivity contribution in [3.8, 4) is 11.5 Å². The van der Waals surface area contributed by atoms with E-state index in [0.29, 0.717) is 17.9 Å². The van der Waals surface area contributed by atoms with Crippen LogP contribution in [-0.2, 0) is 11.2 Å². The Morgan fingerprint density at radius 1 is 1.33 bits per heavy atom. The van der Waals surface area contributed by atoms with Gasteiger partial charge in [-0.1, -0.05) is 6.07 Å². The fourth-order valence-electron chi connectivity index (χ4n) is 2.64. The highest BCUT2D eigenvalue weighted by Crippen LogP contribution is 2.28. The predicted molar refractivity (Wildman–Crippen MR) is 81.9 cm³/mol. The molecule has 21 heavy (non-hydrogen) atoms. The molecule has 1 aromatic rings. The number of benzene rings is 1. The number of nitrogens with zero attached hydrogens (tertiary/aromatic N) is 1. The molecule has 1 atom stereocenters. The first-order chi connectivity index (χ1) is 10.2. The largest absolute Gasteiger partial charge is 0.493 e. The van der Waals surface area contributed by atoms with Gasteiger partial charge in [-0.15, -0.1) is 0 Å². The molecule has 0 unspecified atom stereocenters. The maximum atomic E-state index is 12.3. The minimum absolute atomic E-state index is 0.221. The standard InChI is InChI=1S/C16H24N2O3/c1-12-11-17-8-9-18(12)16(19)7-5-13-4-6-14(20-2)15(10-13)21-3/h4,6,10,12,17H,5,7-9,11H2,1-3H3/t12-/m1/s1. The van der Waals surface area contributed by atoms with E-state index in [1.54, 1.807) is 14.2 Å². The third-order valence-electron chi connectivity index (χ3n) is 3.90. The van der Waals surface area contributed by atoms with Gasteiger partial charge in [0.2, 0.25) is 5.91 Å². The molecule has 1 N–H and O–H groups in total. The maximum absolute atomic E-state index is 12.3. The Kier molecular flexibility index (Phi) is 5.44. The second-order valence-corrected chi connectivity index (χ2v) is 5.33. The van der Waals surface area contributed by atoms with Crippen LogP contribution in [0.1, 0.15) is 18.9 Å². The first-order valence-corrected chi connectivity index (χ1v) is 7.36. The zero-order valence-electron chi connectivity index (χ0n) is 13.0. The summed E-state index contributed by atoms with van der Waals surface area (Å²) in [5, 5.41) is 3.30. The summed E-state index contributed by atoms with van der Waals surface area (Å²) in [7, 11) is 3.24. The number of piperazine rings is 1. The summed E-state index contributed by atoms with van der Waals surface area (Å²) in [5.74, 6) is 1.64. The molecule has 1 aliphatic heterocycles. The highest BCUT2D eigenvalue weighted by molar-refractivity contribution is 5.77. The predicted octanol–water partition coefficient (Wildman–Crippen LogP) is 1.46. The van der Waals surface area contributed by atoms with Crippen molar-refractivity contribution in [2.24, 2.45) is 0 Å². The van der Waals surface area contributed by atoms with Gasteiger partial charge < -0.3 is 19.7 Å². The number of methoxy groups -OCH3 is 2. The quantitative estimate of drug-likeness (QED) is 0.892. The Balaban J connectivity index is 1.94. The number of nitrogens with one attached hydrogen (secondary N) is 1. The van der Waals surface area contributed by atoms with E-state index in [1.807, 2.05) is 23.1 Å². The normalized spacial score (nSPS) is 18.4. The lowest BCUT2D eigenvalue weighted by Crippen LogP contribution is -2.52. The summed E-state index contributed by atoms with van der Waals surface area (Å²) in [6, 6.07) is 6.08. The molecular formula is C16H24N2O3. The molecular weight excluding hydrogens is 268 g/mol.